The van der Waals surface area contributed by atoms with E-state index >= 15 is 0 Å². The first-order chi connectivity index (χ1) is 27.8. The zero-order valence-corrected chi connectivity index (χ0v) is 35.1. The predicted octanol–water partition coefficient (Wildman–Crippen LogP) is 4.58. The number of alkyl carbamates (subject to hydrolysis) is 1. The van der Waals surface area contributed by atoms with Crippen molar-refractivity contribution in [1.29, 1.82) is 0 Å². The monoisotopic (exact) mass is 844 g/mol. The van der Waals surface area contributed by atoms with Crippen molar-refractivity contribution in [2.45, 2.75) is 139 Å². The van der Waals surface area contributed by atoms with Gasteiger partial charge in [-0.15, -0.1) is 0 Å². The lowest BCUT2D eigenvalue weighted by atomic mass is 9.85. The number of hydrogen-bond acceptors (Lipinski definition) is 11. The van der Waals surface area contributed by atoms with Crippen molar-refractivity contribution in [3.05, 3.63) is 23.9 Å². The Bertz CT molecular complexity index is 2170. The first-order valence-corrected chi connectivity index (χ1v) is 22.2. The van der Waals surface area contributed by atoms with Gasteiger partial charge in [0.1, 0.15) is 41.3 Å². The molecule has 18 heteroatoms. The molecule has 3 N–H and O–H groups in total. The molecular formula is C41H54F2N6O9S. The molecule has 8 rings (SSSR count). The molecule has 6 aliphatic rings. The van der Waals surface area contributed by atoms with Crippen LogP contribution in [0.3, 0.4) is 0 Å². The molecule has 59 heavy (non-hydrogen) atoms. The Morgan fingerprint density at radius 2 is 1.80 bits per heavy atom. The fourth-order valence-electron chi connectivity index (χ4n) is 9.13. The summed E-state index contributed by atoms with van der Waals surface area (Å²) in [5, 5.41) is 5.29. The summed E-state index contributed by atoms with van der Waals surface area (Å²) in [7, 11) is -2.70. The summed E-state index contributed by atoms with van der Waals surface area (Å²) in [5.41, 5.74) is -1.31. The topological polar surface area (TPSA) is 195 Å². The summed E-state index contributed by atoms with van der Waals surface area (Å²) in [6.07, 6.45) is -0.290. The van der Waals surface area contributed by atoms with Crippen molar-refractivity contribution in [2.75, 3.05) is 13.7 Å². The number of nitrogens with one attached hydrogen (secondary N) is 3. The maximum Gasteiger partial charge on any atom is 0.408 e. The first kappa shape index (κ1) is 41.4. The van der Waals surface area contributed by atoms with E-state index in [0.717, 1.165) is 32.1 Å². The predicted molar refractivity (Wildman–Crippen MR) is 209 cm³/mol. The van der Waals surface area contributed by atoms with Gasteiger partial charge in [-0.25, -0.2) is 32.0 Å². The van der Waals surface area contributed by atoms with Crippen molar-refractivity contribution in [3.8, 4) is 11.6 Å². The van der Waals surface area contributed by atoms with Gasteiger partial charge in [0, 0.05) is 17.9 Å². The lowest BCUT2D eigenvalue weighted by molar-refractivity contribution is -0.144. The van der Waals surface area contributed by atoms with Crippen molar-refractivity contribution in [3.63, 3.8) is 0 Å². The molecule has 2 unspecified atom stereocenters. The van der Waals surface area contributed by atoms with Crippen LogP contribution in [0.5, 0.6) is 11.6 Å². The Morgan fingerprint density at radius 1 is 1.07 bits per heavy atom. The maximum atomic E-state index is 14.9. The fourth-order valence-corrected chi connectivity index (χ4v) is 10.4. The highest BCUT2D eigenvalue weighted by Gasteiger charge is 2.68. The van der Waals surface area contributed by atoms with Crippen LogP contribution in [-0.2, 0) is 29.1 Å². The zero-order valence-electron chi connectivity index (χ0n) is 34.3. The molecule has 4 amide bonds. The lowest BCUT2D eigenvalue weighted by Gasteiger charge is -2.36. The van der Waals surface area contributed by atoms with Crippen LogP contribution in [0.15, 0.2) is 18.2 Å². The van der Waals surface area contributed by atoms with Gasteiger partial charge in [0.2, 0.25) is 34.1 Å². The Labute approximate surface area is 342 Å². The van der Waals surface area contributed by atoms with E-state index in [-0.39, 0.29) is 36.8 Å². The molecule has 322 valence electrons. The van der Waals surface area contributed by atoms with Gasteiger partial charge < -0.3 is 29.7 Å². The van der Waals surface area contributed by atoms with Gasteiger partial charge in [-0.05, 0) is 87.7 Å². The summed E-state index contributed by atoms with van der Waals surface area (Å²) in [6, 6.07) is 2.79. The summed E-state index contributed by atoms with van der Waals surface area (Å²) >= 11 is 0. The molecule has 4 aliphatic carbocycles. The van der Waals surface area contributed by atoms with E-state index in [0.29, 0.717) is 41.2 Å². The van der Waals surface area contributed by atoms with Crippen LogP contribution in [-0.4, -0.2) is 102 Å². The van der Waals surface area contributed by atoms with E-state index in [2.05, 4.69) is 10.6 Å². The van der Waals surface area contributed by atoms with E-state index < -0.39 is 92.4 Å². The van der Waals surface area contributed by atoms with Gasteiger partial charge in [-0.2, -0.15) is 0 Å². The molecule has 1 saturated heterocycles. The zero-order chi connectivity index (χ0) is 42.4. The van der Waals surface area contributed by atoms with Gasteiger partial charge in [-0.1, -0.05) is 34.1 Å². The number of sulfonamides is 1. The number of hydrogen-bond donors (Lipinski definition) is 3. The van der Waals surface area contributed by atoms with Crippen LogP contribution >= 0.6 is 0 Å². The highest BCUT2D eigenvalue weighted by atomic mass is 32.2. The van der Waals surface area contributed by atoms with E-state index in [4.69, 9.17) is 24.2 Å². The highest BCUT2D eigenvalue weighted by molar-refractivity contribution is 7.91. The van der Waals surface area contributed by atoms with Crippen LogP contribution in [0.1, 0.15) is 104 Å². The van der Waals surface area contributed by atoms with Crippen molar-refractivity contribution in [2.24, 2.45) is 29.1 Å². The molecule has 2 aromatic rings. The van der Waals surface area contributed by atoms with E-state index in [1.54, 1.807) is 46.9 Å². The number of alkyl halides is 2. The van der Waals surface area contributed by atoms with Crippen LogP contribution in [0, 0.1) is 29.1 Å². The van der Waals surface area contributed by atoms with Gasteiger partial charge in [-0.3, -0.25) is 19.1 Å². The van der Waals surface area contributed by atoms with Crippen LogP contribution in [0.2, 0.25) is 0 Å². The normalized spacial score (nSPS) is 33.8. The molecule has 2 bridgehead atoms. The molecule has 0 radical (unpaired) electrons. The smallest absolute Gasteiger partial charge is 0.408 e. The third-order valence-corrected chi connectivity index (χ3v) is 15.7. The number of fused-ring (bicyclic) bond motifs is 7. The third kappa shape index (κ3) is 7.78. The molecule has 3 heterocycles. The average molecular weight is 845 g/mol. The number of ether oxygens (including phenoxy) is 3. The molecule has 10 atom stereocenters. The average Bonchev–Trinajstić information content (AvgIpc) is 4.01. The second kappa shape index (κ2) is 14.7. The molecular weight excluding hydrogens is 791 g/mol. The van der Waals surface area contributed by atoms with Gasteiger partial charge in [0.15, 0.2) is 0 Å². The molecule has 5 fully saturated rings. The summed E-state index contributed by atoms with van der Waals surface area (Å²) in [5.74, 6) is -3.86. The van der Waals surface area contributed by atoms with E-state index in [9.17, 15) is 36.4 Å². The second-order valence-corrected chi connectivity index (χ2v) is 21.0. The van der Waals surface area contributed by atoms with Crippen LogP contribution in [0.25, 0.3) is 11.0 Å². The van der Waals surface area contributed by atoms with Crippen molar-refractivity contribution < 1.29 is 50.6 Å². The van der Waals surface area contributed by atoms with Crippen molar-refractivity contribution >= 4 is 44.9 Å². The van der Waals surface area contributed by atoms with Crippen molar-refractivity contribution in [1.82, 2.24) is 30.2 Å². The number of benzene rings is 1. The lowest BCUT2D eigenvalue weighted by Crippen LogP contribution is -2.61. The Hall–Kier alpha value is -4.35. The minimum absolute atomic E-state index is 0.0530. The fraction of sp³-hybridized carbons (Fsp3) is 0.707. The molecule has 15 nitrogen and oxygen atoms in total. The number of rotatable bonds is 8. The minimum Gasteiger partial charge on any atom is -0.497 e. The molecule has 2 aliphatic heterocycles. The van der Waals surface area contributed by atoms with Crippen LogP contribution < -0.4 is 24.8 Å². The standard InChI is InChI=1S/C41H54F2N6O9S/c1-7-23-29-19-49(31(23)34(50)47-41(18-25(41)33(42)43)37(52)48-59(54,55)40(5)13-14-40)36(51)32(39(2,3)4)46-38(53)58-28-16-21(28)10-8-9-20-15-24(20)30-35(57-29)45-27-17-22(56-6)11-12-26(27)44-30/h11-12,17,20-21,23-25,28-29,31-33H,7-10,13-16,18-19H2,1-6H3,(H,46,53)(H,47,50)(H,48,52)/t20?,21-,23-,24?,25+,28-,29+,31+,32-,41-/m1/s1. The number of carbonyl (C=O) groups excluding carboxylic acids is 4. The highest BCUT2D eigenvalue weighted by Crippen LogP contribution is 2.54. The number of aromatic nitrogens is 2. The Kier molecular flexibility index (Phi) is 10.3. The first-order valence-electron chi connectivity index (χ1n) is 20.8. The molecule has 1 aromatic heterocycles. The summed E-state index contributed by atoms with van der Waals surface area (Å²) in [6.45, 7) is 8.36. The number of carbonyl (C=O) groups is 4. The molecule has 0 spiro atoms. The van der Waals surface area contributed by atoms with Gasteiger partial charge in [0.25, 0.3) is 5.91 Å². The number of halogens is 2. The Balaban J connectivity index is 1.18. The number of methoxy groups -OCH3 is 1. The van der Waals surface area contributed by atoms with Gasteiger partial charge >= 0.3 is 6.09 Å². The van der Waals surface area contributed by atoms with Crippen LogP contribution in [0.4, 0.5) is 13.6 Å². The third-order valence-electron chi connectivity index (χ3n) is 13.6. The van der Waals surface area contributed by atoms with Gasteiger partial charge in [0.05, 0.1) is 35.4 Å². The minimum atomic E-state index is -4.24. The quantitative estimate of drug-likeness (QED) is 0.337. The largest absolute Gasteiger partial charge is 0.497 e. The number of nitrogens with zero attached hydrogens (tertiary/aromatic N) is 3. The SMILES string of the molecule is CC[C@@H]1[C@@H]2CN(C(=O)[C@H](C(C)(C)C)NC(=O)O[C@@H]3C[C@H]3CCCC3CC3c3nc4ccc(OC)cc4nc3O2)[C@@H]1C(=O)N[C@]1(C(=O)NS(=O)(=O)C2(C)CC2)C[C@H]1C(F)F. The van der Waals surface area contributed by atoms with E-state index in [1.165, 1.54) is 11.8 Å². The maximum absolute atomic E-state index is 14.9. The molecule has 4 saturated carbocycles. The Morgan fingerprint density at radius 3 is 2.44 bits per heavy atom. The second-order valence-electron chi connectivity index (χ2n) is 18.8. The summed E-state index contributed by atoms with van der Waals surface area (Å²) < 4.78 is 73.8. The molecule has 1 aromatic carbocycles. The van der Waals surface area contributed by atoms with E-state index in [1.807, 2.05) is 10.8 Å². The number of amides is 4. The summed E-state index contributed by atoms with van der Waals surface area (Å²) in [4.78, 5) is 68.0.